The summed E-state index contributed by atoms with van der Waals surface area (Å²) in [7, 11) is 0. The number of carboxylic acid groups (broad SMARTS) is 2. The van der Waals surface area contributed by atoms with Gasteiger partial charge in [0.2, 0.25) is 0 Å². The van der Waals surface area contributed by atoms with Gasteiger partial charge in [-0.3, -0.25) is 10.1 Å². The third-order valence-electron chi connectivity index (χ3n) is 2.68. The van der Waals surface area contributed by atoms with Crippen LogP contribution >= 0.6 is 0 Å². The molecule has 0 aromatic heterocycles. The molecule has 2 rings (SSSR count). The minimum atomic E-state index is -1.12. The molecule has 2 N–H and O–H groups in total. The van der Waals surface area contributed by atoms with Gasteiger partial charge in [0.05, 0.1) is 16.1 Å². The Balaban J connectivity index is 0.000000235. The zero-order valence-electron chi connectivity index (χ0n) is 11.6. The Hall–Kier alpha value is -3.22. The summed E-state index contributed by atoms with van der Waals surface area (Å²) >= 11 is 0. The van der Waals surface area contributed by atoms with Gasteiger partial charge in [0.15, 0.2) is 0 Å². The van der Waals surface area contributed by atoms with Gasteiger partial charge < -0.3 is 10.2 Å². The molecule has 0 amide bonds. The second kappa shape index (κ2) is 7.53. The lowest BCUT2D eigenvalue weighted by atomic mass is 10.1. The van der Waals surface area contributed by atoms with Gasteiger partial charge in [-0.1, -0.05) is 24.3 Å². The van der Waals surface area contributed by atoms with Crippen molar-refractivity contribution in [2.75, 3.05) is 0 Å². The fourth-order valence-corrected chi connectivity index (χ4v) is 1.54. The monoisotopic (exact) mass is 303 g/mol. The number of nitro groups is 1. The predicted molar refractivity (Wildman–Crippen MR) is 78.2 cm³/mol. The first-order valence-electron chi connectivity index (χ1n) is 6.09. The Morgan fingerprint density at radius 1 is 1.00 bits per heavy atom. The van der Waals surface area contributed by atoms with E-state index in [1.165, 1.54) is 24.3 Å². The molecular weight excluding hydrogens is 290 g/mol. The molecular formula is C15H13NO6. The van der Waals surface area contributed by atoms with E-state index in [9.17, 15) is 19.7 Å². The lowest BCUT2D eigenvalue weighted by Crippen LogP contribution is -2.03. The summed E-state index contributed by atoms with van der Waals surface area (Å²) in [6.45, 7) is 1.62. The van der Waals surface area contributed by atoms with Gasteiger partial charge in [-0.2, -0.15) is 0 Å². The van der Waals surface area contributed by atoms with E-state index in [-0.39, 0.29) is 16.8 Å². The van der Waals surface area contributed by atoms with Crippen LogP contribution in [-0.4, -0.2) is 27.1 Å². The third kappa shape index (κ3) is 4.71. The zero-order valence-corrected chi connectivity index (χ0v) is 11.6. The topological polar surface area (TPSA) is 118 Å². The Bertz CT molecular complexity index is 696. The van der Waals surface area contributed by atoms with Crippen LogP contribution in [0.3, 0.4) is 0 Å². The molecule has 0 aliphatic carbocycles. The van der Waals surface area contributed by atoms with Crippen molar-refractivity contribution in [3.8, 4) is 0 Å². The van der Waals surface area contributed by atoms with Gasteiger partial charge in [0.25, 0.3) is 5.69 Å². The van der Waals surface area contributed by atoms with Crippen molar-refractivity contribution in [2.24, 2.45) is 0 Å². The number of nitro benzene ring substituents is 1. The van der Waals surface area contributed by atoms with Crippen molar-refractivity contribution >= 4 is 17.6 Å². The maximum atomic E-state index is 10.6. The maximum absolute atomic E-state index is 10.6. The Morgan fingerprint density at radius 3 is 2.00 bits per heavy atom. The molecule has 22 heavy (non-hydrogen) atoms. The van der Waals surface area contributed by atoms with E-state index < -0.39 is 16.9 Å². The molecule has 0 bridgehead atoms. The number of nitrogens with zero attached hydrogens (tertiary/aromatic N) is 1. The third-order valence-corrected chi connectivity index (χ3v) is 2.68. The Morgan fingerprint density at radius 2 is 1.59 bits per heavy atom. The van der Waals surface area contributed by atoms with Crippen LogP contribution in [0.2, 0.25) is 0 Å². The SMILES string of the molecule is Cc1ccc(C(=O)O)cc1C(=O)O.O=[N+]([O-])c1ccccc1. The minimum absolute atomic E-state index is 0.0111. The highest BCUT2D eigenvalue weighted by molar-refractivity contribution is 5.94. The summed E-state index contributed by atoms with van der Waals surface area (Å²) in [6.07, 6.45) is 0. The van der Waals surface area contributed by atoms with Gasteiger partial charge in [-0.25, -0.2) is 9.59 Å². The summed E-state index contributed by atoms with van der Waals surface area (Å²) in [4.78, 5) is 30.7. The lowest BCUT2D eigenvalue weighted by Gasteiger charge is -2.01. The van der Waals surface area contributed by atoms with Gasteiger partial charge in [0, 0.05) is 12.1 Å². The first kappa shape index (κ1) is 16.8. The molecule has 0 spiro atoms. The molecule has 0 saturated carbocycles. The van der Waals surface area contributed by atoms with Crippen LogP contribution in [0, 0.1) is 17.0 Å². The van der Waals surface area contributed by atoms with Crippen molar-refractivity contribution in [3.63, 3.8) is 0 Å². The predicted octanol–water partition coefficient (Wildman–Crippen LogP) is 2.99. The number of rotatable bonds is 3. The number of aromatic carboxylic acids is 2. The van der Waals surface area contributed by atoms with Crippen LogP contribution in [0.25, 0.3) is 0 Å². The summed E-state index contributed by atoms with van der Waals surface area (Å²) in [5.41, 5.74) is 0.706. The first-order valence-corrected chi connectivity index (χ1v) is 6.09. The summed E-state index contributed by atoms with van der Waals surface area (Å²) in [5, 5.41) is 27.3. The highest BCUT2D eigenvalue weighted by Gasteiger charge is 2.10. The molecule has 114 valence electrons. The van der Waals surface area contributed by atoms with Crippen molar-refractivity contribution < 1.29 is 24.7 Å². The van der Waals surface area contributed by atoms with Crippen molar-refractivity contribution in [2.45, 2.75) is 6.92 Å². The Labute approximate surface area is 125 Å². The van der Waals surface area contributed by atoms with Crippen molar-refractivity contribution in [1.29, 1.82) is 0 Å². The smallest absolute Gasteiger partial charge is 0.335 e. The molecule has 0 unspecified atom stereocenters. The number of carbonyl (C=O) groups is 2. The van der Waals surface area contributed by atoms with Gasteiger partial charge in [-0.05, 0) is 24.6 Å². The van der Waals surface area contributed by atoms with Crippen LogP contribution in [0.4, 0.5) is 5.69 Å². The fraction of sp³-hybridized carbons (Fsp3) is 0.0667. The van der Waals surface area contributed by atoms with Crippen LogP contribution in [0.5, 0.6) is 0 Å². The molecule has 2 aromatic carbocycles. The van der Waals surface area contributed by atoms with E-state index in [4.69, 9.17) is 10.2 Å². The van der Waals surface area contributed by atoms with E-state index in [2.05, 4.69) is 0 Å². The van der Waals surface area contributed by atoms with Crippen molar-refractivity contribution in [3.05, 3.63) is 75.3 Å². The van der Waals surface area contributed by atoms with Gasteiger partial charge in [0.1, 0.15) is 0 Å². The fourth-order valence-electron chi connectivity index (χ4n) is 1.54. The quantitative estimate of drug-likeness (QED) is 0.664. The molecule has 7 nitrogen and oxygen atoms in total. The molecule has 0 heterocycles. The molecule has 0 fully saturated rings. The molecule has 0 saturated heterocycles. The van der Waals surface area contributed by atoms with E-state index in [0.29, 0.717) is 5.56 Å². The highest BCUT2D eigenvalue weighted by Crippen LogP contribution is 2.11. The summed E-state index contributed by atoms with van der Waals surface area (Å²) in [6, 6.07) is 11.9. The van der Waals surface area contributed by atoms with E-state index >= 15 is 0 Å². The van der Waals surface area contributed by atoms with Crippen LogP contribution in [-0.2, 0) is 0 Å². The average Bonchev–Trinajstić information content (AvgIpc) is 2.48. The molecule has 0 aliphatic rings. The number of aryl methyl sites for hydroxylation is 1. The zero-order chi connectivity index (χ0) is 16.7. The molecule has 2 aromatic rings. The molecule has 0 atom stereocenters. The van der Waals surface area contributed by atoms with E-state index in [1.54, 1.807) is 25.1 Å². The standard InChI is InChI=1S/C9H8O4.C6H5NO2/c1-5-2-3-6(8(10)11)4-7(5)9(12)13;8-7(9)6-4-2-1-3-5-6/h2-4H,1H3,(H,10,11)(H,12,13);1-5H. The molecule has 0 radical (unpaired) electrons. The van der Waals surface area contributed by atoms with E-state index in [1.807, 2.05) is 0 Å². The largest absolute Gasteiger partial charge is 0.478 e. The second-order valence-electron chi connectivity index (χ2n) is 4.23. The van der Waals surface area contributed by atoms with Crippen LogP contribution < -0.4 is 0 Å². The summed E-state index contributed by atoms with van der Waals surface area (Å²) < 4.78 is 0. The minimum Gasteiger partial charge on any atom is -0.478 e. The second-order valence-corrected chi connectivity index (χ2v) is 4.23. The first-order chi connectivity index (χ1) is 10.3. The summed E-state index contributed by atoms with van der Waals surface area (Å²) in [5.74, 6) is -2.23. The van der Waals surface area contributed by atoms with Crippen molar-refractivity contribution in [1.82, 2.24) is 0 Å². The number of benzene rings is 2. The molecule has 0 aliphatic heterocycles. The molecule has 7 heteroatoms. The number of hydrogen-bond donors (Lipinski definition) is 2. The normalized spacial score (nSPS) is 9.32. The van der Waals surface area contributed by atoms with E-state index in [0.717, 1.165) is 6.07 Å². The van der Waals surface area contributed by atoms with Crippen LogP contribution in [0.15, 0.2) is 48.5 Å². The van der Waals surface area contributed by atoms with Crippen LogP contribution in [0.1, 0.15) is 26.3 Å². The number of hydrogen-bond acceptors (Lipinski definition) is 4. The van der Waals surface area contributed by atoms with Gasteiger partial charge in [-0.15, -0.1) is 0 Å². The Kier molecular flexibility index (Phi) is 5.76. The number of para-hydroxylation sites is 1. The number of non-ortho nitro benzene ring substituents is 1. The van der Waals surface area contributed by atoms with Gasteiger partial charge >= 0.3 is 11.9 Å². The lowest BCUT2D eigenvalue weighted by molar-refractivity contribution is -0.384. The number of carboxylic acids is 2. The average molecular weight is 303 g/mol. The highest BCUT2D eigenvalue weighted by atomic mass is 16.6. The maximum Gasteiger partial charge on any atom is 0.335 e.